The van der Waals surface area contributed by atoms with E-state index in [1.54, 1.807) is 6.07 Å². The Kier molecular flexibility index (Phi) is 3.72. The third-order valence-electron chi connectivity index (χ3n) is 4.36. The number of phenols is 1. The predicted octanol–water partition coefficient (Wildman–Crippen LogP) is 3.06. The molecule has 17 heavy (non-hydrogen) atoms. The van der Waals surface area contributed by atoms with E-state index in [4.69, 9.17) is 0 Å². The molecule has 1 fully saturated rings. The average molecular weight is 233 g/mol. The first-order chi connectivity index (χ1) is 8.16. The molecule has 0 amide bonds. The Hall–Kier alpha value is -1.02. The Bertz CT molecular complexity index is 375. The van der Waals surface area contributed by atoms with Gasteiger partial charge in [-0.15, -0.1) is 0 Å². The zero-order chi connectivity index (χ0) is 12.3. The van der Waals surface area contributed by atoms with Crippen LogP contribution in [0.5, 0.6) is 5.75 Å². The number of benzene rings is 1. The summed E-state index contributed by atoms with van der Waals surface area (Å²) in [4.78, 5) is 0. The minimum Gasteiger partial charge on any atom is -0.508 e. The fourth-order valence-corrected chi connectivity index (χ4v) is 3.22. The number of hydrogen-bond acceptors (Lipinski definition) is 2. The maximum absolute atomic E-state index is 9.66. The lowest BCUT2D eigenvalue weighted by Gasteiger charge is -2.42. The number of aromatic hydroxyl groups is 1. The second-order valence-corrected chi connectivity index (χ2v) is 5.47. The lowest BCUT2D eigenvalue weighted by Crippen LogP contribution is -2.40. The van der Waals surface area contributed by atoms with Gasteiger partial charge in [-0.1, -0.05) is 31.9 Å². The van der Waals surface area contributed by atoms with Gasteiger partial charge in [0.05, 0.1) is 0 Å². The highest BCUT2D eigenvalue weighted by atomic mass is 16.3. The normalized spacial score (nSPS) is 29.2. The van der Waals surface area contributed by atoms with Gasteiger partial charge in [-0.25, -0.2) is 0 Å². The van der Waals surface area contributed by atoms with Gasteiger partial charge in [0, 0.05) is 0 Å². The molecule has 2 heteroatoms. The molecule has 1 aromatic carbocycles. The summed E-state index contributed by atoms with van der Waals surface area (Å²) < 4.78 is 0. The van der Waals surface area contributed by atoms with Crippen LogP contribution in [0.15, 0.2) is 24.3 Å². The van der Waals surface area contributed by atoms with E-state index in [1.807, 2.05) is 19.2 Å². The summed E-state index contributed by atoms with van der Waals surface area (Å²) in [6.07, 6.45) is 5.14. The van der Waals surface area contributed by atoms with Crippen LogP contribution >= 0.6 is 0 Å². The summed E-state index contributed by atoms with van der Waals surface area (Å²) in [5.41, 5.74) is 1.50. The van der Waals surface area contributed by atoms with Crippen molar-refractivity contribution in [2.75, 3.05) is 13.6 Å². The van der Waals surface area contributed by atoms with E-state index in [0.29, 0.717) is 11.7 Å². The molecule has 1 aliphatic rings. The maximum Gasteiger partial charge on any atom is 0.115 e. The van der Waals surface area contributed by atoms with Crippen molar-refractivity contribution in [2.24, 2.45) is 5.92 Å². The van der Waals surface area contributed by atoms with Crippen molar-refractivity contribution in [3.8, 4) is 5.75 Å². The molecular weight excluding hydrogens is 210 g/mol. The maximum atomic E-state index is 9.66. The molecule has 0 aromatic heterocycles. The first-order valence-corrected chi connectivity index (χ1v) is 6.61. The van der Waals surface area contributed by atoms with E-state index in [0.717, 1.165) is 6.54 Å². The van der Waals surface area contributed by atoms with Crippen LogP contribution < -0.4 is 5.32 Å². The summed E-state index contributed by atoms with van der Waals surface area (Å²) >= 11 is 0. The summed E-state index contributed by atoms with van der Waals surface area (Å²) in [5, 5.41) is 13.0. The van der Waals surface area contributed by atoms with Crippen molar-refractivity contribution in [3.63, 3.8) is 0 Å². The third kappa shape index (κ3) is 2.47. The van der Waals surface area contributed by atoms with Crippen molar-refractivity contribution in [3.05, 3.63) is 29.8 Å². The van der Waals surface area contributed by atoms with E-state index >= 15 is 0 Å². The van der Waals surface area contributed by atoms with Crippen LogP contribution in [-0.2, 0) is 5.41 Å². The van der Waals surface area contributed by atoms with E-state index < -0.39 is 0 Å². The van der Waals surface area contributed by atoms with Gasteiger partial charge in [-0.2, -0.15) is 0 Å². The first kappa shape index (κ1) is 12.4. The molecule has 2 atom stereocenters. The average Bonchev–Trinajstić information content (AvgIpc) is 2.32. The van der Waals surface area contributed by atoms with Crippen LogP contribution in [0.2, 0.25) is 0 Å². The van der Waals surface area contributed by atoms with Crippen molar-refractivity contribution in [1.82, 2.24) is 5.32 Å². The largest absolute Gasteiger partial charge is 0.508 e. The summed E-state index contributed by atoms with van der Waals surface area (Å²) in [5.74, 6) is 1.06. The molecule has 2 N–H and O–H groups in total. The van der Waals surface area contributed by atoms with Crippen LogP contribution in [0.1, 0.15) is 38.2 Å². The van der Waals surface area contributed by atoms with Crippen molar-refractivity contribution < 1.29 is 5.11 Å². The van der Waals surface area contributed by atoms with Gasteiger partial charge < -0.3 is 10.4 Å². The number of rotatable bonds is 3. The number of hydrogen-bond donors (Lipinski definition) is 2. The summed E-state index contributed by atoms with van der Waals surface area (Å²) in [6, 6.07) is 7.81. The molecule has 0 bridgehead atoms. The zero-order valence-corrected chi connectivity index (χ0v) is 10.9. The van der Waals surface area contributed by atoms with Gasteiger partial charge in [0.15, 0.2) is 0 Å². The monoisotopic (exact) mass is 233 g/mol. The van der Waals surface area contributed by atoms with E-state index in [-0.39, 0.29) is 5.41 Å². The second-order valence-electron chi connectivity index (χ2n) is 5.47. The molecule has 0 radical (unpaired) electrons. The Morgan fingerprint density at radius 3 is 2.94 bits per heavy atom. The van der Waals surface area contributed by atoms with E-state index in [9.17, 15) is 5.11 Å². The molecule has 1 aromatic rings. The summed E-state index contributed by atoms with van der Waals surface area (Å²) in [6.45, 7) is 3.41. The molecule has 0 aliphatic heterocycles. The molecule has 1 aliphatic carbocycles. The predicted molar refractivity (Wildman–Crippen MR) is 71.3 cm³/mol. The van der Waals surface area contributed by atoms with Gasteiger partial charge in [-0.05, 0) is 55.5 Å². The highest BCUT2D eigenvalue weighted by molar-refractivity contribution is 5.33. The fraction of sp³-hybridized carbons (Fsp3) is 0.600. The number of nitrogens with one attached hydrogen (secondary N) is 1. The van der Waals surface area contributed by atoms with Crippen molar-refractivity contribution in [2.45, 2.75) is 38.0 Å². The highest BCUT2D eigenvalue weighted by Crippen LogP contribution is 2.43. The topological polar surface area (TPSA) is 32.3 Å². The molecule has 0 heterocycles. The van der Waals surface area contributed by atoms with Gasteiger partial charge >= 0.3 is 0 Å². The molecule has 94 valence electrons. The van der Waals surface area contributed by atoms with Gasteiger partial charge in [0.2, 0.25) is 0 Å². The Morgan fingerprint density at radius 1 is 1.41 bits per heavy atom. The lowest BCUT2D eigenvalue weighted by molar-refractivity contribution is 0.200. The van der Waals surface area contributed by atoms with Gasteiger partial charge in [0.1, 0.15) is 5.75 Å². The van der Waals surface area contributed by atoms with Crippen LogP contribution in [-0.4, -0.2) is 18.7 Å². The molecule has 0 saturated heterocycles. The van der Waals surface area contributed by atoms with Gasteiger partial charge in [-0.3, -0.25) is 0 Å². The van der Waals surface area contributed by atoms with Gasteiger partial charge in [0.25, 0.3) is 0 Å². The second kappa shape index (κ2) is 5.09. The zero-order valence-electron chi connectivity index (χ0n) is 10.9. The van der Waals surface area contributed by atoms with Crippen LogP contribution in [0.4, 0.5) is 0 Å². The molecule has 0 spiro atoms. The Morgan fingerprint density at radius 2 is 2.24 bits per heavy atom. The van der Waals surface area contributed by atoms with E-state index in [1.165, 1.54) is 31.2 Å². The molecular formula is C15H23NO. The molecule has 2 nitrogen and oxygen atoms in total. The SMILES string of the molecule is CNCC1CCCCC1(C)c1cccc(O)c1. The van der Waals surface area contributed by atoms with Crippen LogP contribution in [0, 0.1) is 5.92 Å². The smallest absolute Gasteiger partial charge is 0.115 e. The summed E-state index contributed by atoms with van der Waals surface area (Å²) in [7, 11) is 2.03. The molecule has 2 rings (SSSR count). The molecule has 1 saturated carbocycles. The Labute approximate surface area is 104 Å². The molecule has 2 unspecified atom stereocenters. The quantitative estimate of drug-likeness (QED) is 0.841. The van der Waals surface area contributed by atoms with E-state index in [2.05, 4.69) is 18.3 Å². The first-order valence-electron chi connectivity index (χ1n) is 6.61. The van der Waals surface area contributed by atoms with Crippen molar-refractivity contribution >= 4 is 0 Å². The lowest BCUT2D eigenvalue weighted by atomic mass is 9.64. The van der Waals surface area contributed by atoms with Crippen LogP contribution in [0.25, 0.3) is 0 Å². The highest BCUT2D eigenvalue weighted by Gasteiger charge is 2.37. The number of phenolic OH excluding ortho intramolecular Hbond substituents is 1. The fourth-order valence-electron chi connectivity index (χ4n) is 3.22. The minimum atomic E-state index is 0.208. The minimum absolute atomic E-state index is 0.208. The Balaban J connectivity index is 2.30. The van der Waals surface area contributed by atoms with Crippen molar-refractivity contribution in [1.29, 1.82) is 0 Å². The standard InChI is InChI=1S/C15H23NO/c1-15(12-7-5-8-14(17)10-12)9-4-3-6-13(15)11-16-2/h5,7-8,10,13,16-17H,3-4,6,9,11H2,1-2H3. The third-order valence-corrected chi connectivity index (χ3v) is 4.36. The van der Waals surface area contributed by atoms with Crippen LogP contribution in [0.3, 0.4) is 0 Å².